The van der Waals surface area contributed by atoms with Gasteiger partial charge in [-0.25, -0.2) is 4.79 Å². The van der Waals surface area contributed by atoms with E-state index >= 15 is 0 Å². The van der Waals surface area contributed by atoms with Crippen LogP contribution in [0.15, 0.2) is 36.4 Å². The van der Waals surface area contributed by atoms with Crippen molar-refractivity contribution in [2.75, 3.05) is 0 Å². The Morgan fingerprint density at radius 1 is 0.931 bits per heavy atom. The van der Waals surface area contributed by atoms with Crippen LogP contribution in [0.4, 0.5) is 0 Å². The van der Waals surface area contributed by atoms with Crippen LogP contribution in [0.3, 0.4) is 0 Å². The Hall–Kier alpha value is -2.27. The van der Waals surface area contributed by atoms with E-state index in [4.69, 9.17) is 9.16 Å². The molecule has 0 aliphatic carbocycles. The van der Waals surface area contributed by atoms with Crippen molar-refractivity contribution in [2.24, 2.45) is 0 Å². The summed E-state index contributed by atoms with van der Waals surface area (Å²) in [5.41, 5.74) is 3.93. The number of carboxylic acids is 1. The van der Waals surface area contributed by atoms with E-state index < -0.39 is 15.0 Å². The molecule has 0 saturated carbocycles. The fraction of sp³-hybridized carbons (Fsp3) is 0.458. The molecular formula is C24H34O4Si. The first-order valence-electron chi connectivity index (χ1n) is 10.1. The van der Waals surface area contributed by atoms with Crippen molar-refractivity contribution in [2.45, 2.75) is 72.1 Å². The van der Waals surface area contributed by atoms with Gasteiger partial charge in [0.05, 0.1) is 0 Å². The number of ether oxygens (including phenoxy) is 1. The second-order valence-corrected chi connectivity index (χ2v) is 12.1. The quantitative estimate of drug-likeness (QED) is 0.596. The van der Waals surface area contributed by atoms with Gasteiger partial charge >= 0.3 is 5.97 Å². The van der Waals surface area contributed by atoms with E-state index in [1.54, 1.807) is 18.2 Å². The maximum absolute atomic E-state index is 11.6. The molecular weight excluding hydrogens is 380 g/mol. The first-order chi connectivity index (χ1) is 13.3. The maximum Gasteiger partial charge on any atom is 0.339 e. The standard InChI is InChI=1S/C24H34O4Si/c1-23(2,3)19-11-9-16(13-20(19)24(4,5)6)15-27-17-10-12-21(28-29(7)8)18(14-17)22(25)26/h9-14,29H,15H2,1-8H3,(H,25,26). The Labute approximate surface area is 176 Å². The van der Waals surface area contributed by atoms with Gasteiger partial charge in [0, 0.05) is 0 Å². The summed E-state index contributed by atoms with van der Waals surface area (Å²) in [6, 6.07) is 11.5. The van der Waals surface area contributed by atoms with E-state index in [2.05, 4.69) is 59.7 Å². The number of hydrogen-bond donors (Lipinski definition) is 1. The lowest BCUT2D eigenvalue weighted by Crippen LogP contribution is -2.22. The highest BCUT2D eigenvalue weighted by molar-refractivity contribution is 6.49. The van der Waals surface area contributed by atoms with Crippen LogP contribution in [-0.2, 0) is 17.4 Å². The topological polar surface area (TPSA) is 55.8 Å². The average Bonchev–Trinajstić information content (AvgIpc) is 2.58. The second kappa shape index (κ2) is 8.62. The molecule has 0 unspecified atom stereocenters. The average molecular weight is 415 g/mol. The zero-order valence-electron chi connectivity index (χ0n) is 18.9. The summed E-state index contributed by atoms with van der Waals surface area (Å²) in [7, 11) is -1.39. The van der Waals surface area contributed by atoms with Crippen LogP contribution in [-0.4, -0.2) is 20.1 Å². The molecule has 0 aliphatic heterocycles. The van der Waals surface area contributed by atoms with Crippen molar-refractivity contribution in [3.05, 3.63) is 58.7 Å². The predicted molar refractivity (Wildman–Crippen MR) is 121 cm³/mol. The van der Waals surface area contributed by atoms with E-state index in [0.29, 0.717) is 18.1 Å². The molecule has 2 aromatic carbocycles. The van der Waals surface area contributed by atoms with Gasteiger partial charge in [-0.05, 0) is 58.8 Å². The van der Waals surface area contributed by atoms with E-state index in [0.717, 1.165) is 5.56 Å². The zero-order valence-corrected chi connectivity index (χ0v) is 20.1. The van der Waals surface area contributed by atoms with Gasteiger partial charge in [-0.1, -0.05) is 59.7 Å². The molecule has 0 amide bonds. The summed E-state index contributed by atoms with van der Waals surface area (Å²) in [4.78, 5) is 11.6. The van der Waals surface area contributed by atoms with Gasteiger partial charge in [0.15, 0.2) is 0 Å². The molecule has 0 aliphatic rings. The molecule has 2 rings (SSSR count). The molecule has 2 aromatic rings. The van der Waals surface area contributed by atoms with Gasteiger partial charge in [-0.3, -0.25) is 0 Å². The Morgan fingerprint density at radius 2 is 1.55 bits per heavy atom. The van der Waals surface area contributed by atoms with E-state index in [-0.39, 0.29) is 16.4 Å². The van der Waals surface area contributed by atoms with Crippen LogP contribution in [0.1, 0.15) is 68.6 Å². The third-order valence-corrected chi connectivity index (χ3v) is 5.37. The molecule has 0 aromatic heterocycles. The summed E-state index contributed by atoms with van der Waals surface area (Å²) < 4.78 is 11.7. The van der Waals surface area contributed by atoms with E-state index in [1.165, 1.54) is 11.1 Å². The minimum Gasteiger partial charge on any atom is -0.546 e. The molecule has 0 spiro atoms. The molecule has 158 valence electrons. The van der Waals surface area contributed by atoms with Crippen molar-refractivity contribution in [1.29, 1.82) is 0 Å². The monoisotopic (exact) mass is 414 g/mol. The molecule has 4 nitrogen and oxygen atoms in total. The second-order valence-electron chi connectivity index (χ2n) is 9.80. The molecule has 5 heteroatoms. The number of benzene rings is 2. The summed E-state index contributed by atoms with van der Waals surface area (Å²) in [6.07, 6.45) is 0. The largest absolute Gasteiger partial charge is 0.546 e. The highest BCUT2D eigenvalue weighted by Gasteiger charge is 2.25. The van der Waals surface area contributed by atoms with Crippen molar-refractivity contribution in [1.82, 2.24) is 0 Å². The summed E-state index contributed by atoms with van der Waals surface area (Å²) in [5.74, 6) is -0.0712. The SMILES string of the molecule is C[SiH](C)Oc1ccc(OCc2ccc(C(C)(C)C)c(C(C)(C)C)c2)cc1C(=O)O. The Kier molecular flexibility index (Phi) is 6.84. The highest BCUT2D eigenvalue weighted by Crippen LogP contribution is 2.35. The van der Waals surface area contributed by atoms with Crippen LogP contribution in [0.2, 0.25) is 13.1 Å². The lowest BCUT2D eigenvalue weighted by Gasteiger charge is -2.30. The van der Waals surface area contributed by atoms with E-state index in [9.17, 15) is 9.90 Å². The van der Waals surface area contributed by atoms with Gasteiger partial charge in [0.25, 0.3) is 0 Å². The van der Waals surface area contributed by atoms with Crippen LogP contribution in [0.25, 0.3) is 0 Å². The fourth-order valence-electron chi connectivity index (χ4n) is 3.25. The molecule has 0 fully saturated rings. The molecule has 0 radical (unpaired) electrons. The van der Waals surface area contributed by atoms with Crippen molar-refractivity contribution in [3.8, 4) is 11.5 Å². The molecule has 29 heavy (non-hydrogen) atoms. The van der Waals surface area contributed by atoms with Gasteiger partial charge < -0.3 is 14.3 Å². The van der Waals surface area contributed by atoms with Crippen LogP contribution < -0.4 is 9.16 Å². The molecule has 0 saturated heterocycles. The van der Waals surface area contributed by atoms with E-state index in [1.807, 2.05) is 13.1 Å². The molecule has 0 bridgehead atoms. The van der Waals surface area contributed by atoms with Gasteiger partial charge in [-0.2, -0.15) is 0 Å². The smallest absolute Gasteiger partial charge is 0.339 e. The van der Waals surface area contributed by atoms with Gasteiger partial charge in [0.2, 0.25) is 9.04 Å². The lowest BCUT2D eigenvalue weighted by molar-refractivity contribution is 0.0694. The zero-order chi connectivity index (χ0) is 22.0. The fourth-order valence-corrected chi connectivity index (χ4v) is 3.96. The molecule has 0 heterocycles. The Balaban J connectivity index is 2.28. The summed E-state index contributed by atoms with van der Waals surface area (Å²) in [5, 5.41) is 9.50. The number of hydrogen-bond acceptors (Lipinski definition) is 3. The van der Waals surface area contributed by atoms with Crippen LogP contribution in [0.5, 0.6) is 11.5 Å². The number of aromatic carboxylic acids is 1. The van der Waals surface area contributed by atoms with Crippen molar-refractivity contribution >= 4 is 15.0 Å². The minimum atomic E-state index is -1.39. The summed E-state index contributed by atoms with van der Waals surface area (Å²) >= 11 is 0. The molecule has 0 atom stereocenters. The third kappa shape index (κ3) is 6.10. The Morgan fingerprint density at radius 3 is 2.07 bits per heavy atom. The van der Waals surface area contributed by atoms with Crippen LogP contribution in [0, 0.1) is 0 Å². The normalized spacial score (nSPS) is 12.2. The van der Waals surface area contributed by atoms with Gasteiger partial charge in [0.1, 0.15) is 23.7 Å². The maximum atomic E-state index is 11.6. The minimum absolute atomic E-state index is 0.0226. The van der Waals surface area contributed by atoms with Crippen LogP contribution >= 0.6 is 0 Å². The highest BCUT2D eigenvalue weighted by atomic mass is 28.3. The lowest BCUT2D eigenvalue weighted by atomic mass is 9.75. The first kappa shape index (κ1) is 23.0. The van der Waals surface area contributed by atoms with Crippen molar-refractivity contribution < 1.29 is 19.1 Å². The third-order valence-electron chi connectivity index (χ3n) is 4.65. The van der Waals surface area contributed by atoms with Gasteiger partial charge in [-0.15, -0.1) is 0 Å². The summed E-state index contributed by atoms with van der Waals surface area (Å²) in [6.45, 7) is 17.7. The first-order valence-corrected chi connectivity index (χ1v) is 12.9. The number of rotatable bonds is 6. The Bertz CT molecular complexity index is 873. The predicted octanol–water partition coefficient (Wildman–Crippen LogP) is 5.92. The number of carboxylic acid groups (broad SMARTS) is 1. The molecule has 1 N–H and O–H groups in total. The van der Waals surface area contributed by atoms with Crippen molar-refractivity contribution in [3.63, 3.8) is 0 Å². The number of carbonyl (C=O) groups is 1.